The lowest BCUT2D eigenvalue weighted by molar-refractivity contribution is 0.0245. The topological polar surface area (TPSA) is 47.6 Å². The van der Waals surface area contributed by atoms with Gasteiger partial charge in [-0.1, -0.05) is 24.3 Å². The molecule has 4 nitrogen and oxygen atoms in total. The molecule has 1 aromatic carbocycles. The molecule has 0 aliphatic heterocycles. The summed E-state index contributed by atoms with van der Waals surface area (Å²) in [5, 5.41) is 2.94. The minimum atomic E-state index is -0.497. The highest BCUT2D eigenvalue weighted by atomic mass is 16.6. The number of benzene rings is 1. The number of ether oxygens (including phenoxy) is 2. The second kappa shape index (κ2) is 5.83. The average Bonchev–Trinajstić information content (AvgIpc) is 2.66. The maximum Gasteiger partial charge on any atom is 0.408 e. The first-order chi connectivity index (χ1) is 9.40. The molecule has 0 saturated heterocycles. The fraction of sp³-hybridized carbons (Fsp3) is 0.562. The lowest BCUT2D eigenvalue weighted by Crippen LogP contribution is -2.39. The van der Waals surface area contributed by atoms with E-state index in [0.29, 0.717) is 6.61 Å². The molecule has 4 heteroatoms. The Hall–Kier alpha value is -1.55. The molecule has 1 aliphatic rings. The van der Waals surface area contributed by atoms with Gasteiger partial charge >= 0.3 is 6.09 Å². The lowest BCUT2D eigenvalue weighted by Gasteiger charge is -2.25. The number of carbonyl (C=O) groups is 1. The number of alkyl carbamates (subject to hydrolysis) is 1. The third-order valence-electron chi connectivity index (χ3n) is 3.24. The van der Waals surface area contributed by atoms with Crippen molar-refractivity contribution in [3.05, 3.63) is 35.4 Å². The largest absolute Gasteiger partial charge is 0.444 e. The zero-order valence-corrected chi connectivity index (χ0v) is 12.6. The first-order valence-electron chi connectivity index (χ1n) is 7.09. The van der Waals surface area contributed by atoms with E-state index in [9.17, 15) is 4.79 Å². The average molecular weight is 279 g/mol. The molecule has 1 aromatic rings. The van der Waals surface area contributed by atoms with Gasteiger partial charge in [0.15, 0.2) is 0 Å². The van der Waals surface area contributed by atoms with Crippen LogP contribution in [0.1, 0.15) is 46.3 Å². The van der Waals surface area contributed by atoms with Crippen molar-refractivity contribution in [2.75, 3.05) is 6.61 Å². The van der Waals surface area contributed by atoms with Crippen molar-refractivity contribution in [1.82, 2.24) is 5.32 Å². The number of rotatable bonds is 3. The molecule has 112 valence electrons. The second-order valence-corrected chi connectivity index (χ2v) is 6.02. The molecule has 0 aromatic heterocycles. The Morgan fingerprint density at radius 3 is 2.75 bits per heavy atom. The lowest BCUT2D eigenvalue weighted by atomic mass is 10.1. The van der Waals surface area contributed by atoms with Gasteiger partial charge in [0.1, 0.15) is 5.60 Å². The summed E-state index contributed by atoms with van der Waals surface area (Å²) >= 11 is 0. The van der Waals surface area contributed by atoms with Crippen molar-refractivity contribution >= 4 is 6.09 Å². The van der Waals surface area contributed by atoms with Gasteiger partial charge in [-0.15, -0.1) is 0 Å². The Balaban J connectivity index is 0.00000220. The number of fused-ring (bicyclic) bond motifs is 1. The molecule has 2 rings (SSSR count). The van der Waals surface area contributed by atoms with Gasteiger partial charge in [0, 0.05) is 14.5 Å². The van der Waals surface area contributed by atoms with Crippen LogP contribution in [0.2, 0.25) is 0 Å². The van der Waals surface area contributed by atoms with Crippen LogP contribution < -0.4 is 5.32 Å². The van der Waals surface area contributed by atoms with E-state index in [0.717, 1.165) is 12.0 Å². The molecule has 2 atom stereocenters. The number of carbonyl (C=O) groups excluding carboxylic acids is 1. The smallest absolute Gasteiger partial charge is 0.408 e. The molecule has 0 spiro atoms. The van der Waals surface area contributed by atoms with E-state index in [1.807, 2.05) is 45.9 Å². The van der Waals surface area contributed by atoms with E-state index in [4.69, 9.17) is 9.47 Å². The van der Waals surface area contributed by atoms with Crippen molar-refractivity contribution in [2.24, 2.45) is 0 Å². The SMILES string of the molecule is CCO[C@@H]1Cc2ccccc2[C@H]1NC(=O)OC(C)(C)C.[HH]. The second-order valence-electron chi connectivity index (χ2n) is 6.02. The third kappa shape index (κ3) is 3.51. The monoisotopic (exact) mass is 279 g/mol. The third-order valence-corrected chi connectivity index (χ3v) is 3.24. The summed E-state index contributed by atoms with van der Waals surface area (Å²) in [6, 6.07) is 7.98. The van der Waals surface area contributed by atoms with Crippen LogP contribution in [0.5, 0.6) is 0 Å². The van der Waals surface area contributed by atoms with E-state index >= 15 is 0 Å². The molecule has 0 bridgehead atoms. The summed E-state index contributed by atoms with van der Waals surface area (Å²) in [7, 11) is 0. The standard InChI is InChI=1S/C16H23NO3.H2/c1-5-19-13-10-11-8-6-7-9-12(11)14(13)17-15(18)20-16(2,3)4;/h6-9,13-14H,5,10H2,1-4H3,(H,17,18);1H/t13-,14-;/m1./s1. The molecule has 1 aliphatic carbocycles. The predicted molar refractivity (Wildman–Crippen MR) is 79.8 cm³/mol. The molecule has 1 amide bonds. The van der Waals surface area contributed by atoms with E-state index in [1.165, 1.54) is 5.56 Å². The molecule has 0 fully saturated rings. The summed E-state index contributed by atoms with van der Waals surface area (Å²) in [5.41, 5.74) is 1.85. The van der Waals surface area contributed by atoms with Crippen molar-refractivity contribution in [3.63, 3.8) is 0 Å². The van der Waals surface area contributed by atoms with E-state index in [1.54, 1.807) is 0 Å². The highest BCUT2D eigenvalue weighted by Crippen LogP contribution is 2.33. The molecular formula is C16H25NO3. The van der Waals surface area contributed by atoms with Crippen LogP contribution in [0.4, 0.5) is 4.79 Å². The summed E-state index contributed by atoms with van der Waals surface area (Å²) in [4.78, 5) is 12.0. The van der Waals surface area contributed by atoms with Crippen LogP contribution in [-0.2, 0) is 15.9 Å². The van der Waals surface area contributed by atoms with Crippen LogP contribution in [0.25, 0.3) is 0 Å². The first kappa shape index (κ1) is 14.9. The molecule has 0 radical (unpaired) electrons. The first-order valence-corrected chi connectivity index (χ1v) is 7.09. The van der Waals surface area contributed by atoms with Gasteiger partial charge in [0.25, 0.3) is 0 Å². The Morgan fingerprint density at radius 2 is 2.10 bits per heavy atom. The van der Waals surface area contributed by atoms with Gasteiger partial charge in [0.2, 0.25) is 0 Å². The molecule has 0 unspecified atom stereocenters. The quantitative estimate of drug-likeness (QED) is 0.921. The number of hydrogen-bond donors (Lipinski definition) is 1. The van der Waals surface area contributed by atoms with Crippen LogP contribution >= 0.6 is 0 Å². The summed E-state index contributed by atoms with van der Waals surface area (Å²) in [6.07, 6.45) is 0.402. The van der Waals surface area contributed by atoms with Crippen molar-refractivity contribution in [3.8, 4) is 0 Å². The van der Waals surface area contributed by atoms with Crippen molar-refractivity contribution in [1.29, 1.82) is 0 Å². The van der Waals surface area contributed by atoms with Gasteiger partial charge in [-0.2, -0.15) is 0 Å². The number of amides is 1. The van der Waals surface area contributed by atoms with Crippen LogP contribution in [0.15, 0.2) is 24.3 Å². The fourth-order valence-corrected chi connectivity index (χ4v) is 2.53. The summed E-state index contributed by atoms with van der Waals surface area (Å²) in [5.74, 6) is 0. The van der Waals surface area contributed by atoms with Gasteiger partial charge in [-0.3, -0.25) is 0 Å². The molecule has 20 heavy (non-hydrogen) atoms. The fourth-order valence-electron chi connectivity index (χ4n) is 2.53. The minimum absolute atomic E-state index is 0. The maximum absolute atomic E-state index is 12.0. The van der Waals surface area contributed by atoms with Crippen molar-refractivity contribution < 1.29 is 15.7 Å². The Morgan fingerprint density at radius 1 is 1.40 bits per heavy atom. The molecule has 1 N–H and O–H groups in total. The van der Waals surface area contributed by atoms with E-state index in [2.05, 4.69) is 11.4 Å². The summed E-state index contributed by atoms with van der Waals surface area (Å²) < 4.78 is 11.1. The number of nitrogens with one attached hydrogen (secondary N) is 1. The Bertz CT molecular complexity index is 485. The maximum atomic E-state index is 12.0. The van der Waals surface area contributed by atoms with Gasteiger partial charge in [0.05, 0.1) is 12.1 Å². The molecule has 0 saturated carbocycles. The summed E-state index contributed by atoms with van der Waals surface area (Å²) in [6.45, 7) is 8.16. The van der Waals surface area contributed by atoms with E-state index < -0.39 is 11.7 Å². The van der Waals surface area contributed by atoms with Gasteiger partial charge in [-0.05, 0) is 38.8 Å². The Labute approximate surface area is 121 Å². The van der Waals surface area contributed by atoms with Gasteiger partial charge in [-0.25, -0.2) is 4.79 Å². The molecule has 0 heterocycles. The Kier molecular flexibility index (Phi) is 4.33. The predicted octanol–water partition coefficient (Wildman–Crippen LogP) is 3.46. The van der Waals surface area contributed by atoms with Crippen molar-refractivity contribution in [2.45, 2.75) is 51.9 Å². The van der Waals surface area contributed by atoms with Gasteiger partial charge < -0.3 is 14.8 Å². The zero-order chi connectivity index (χ0) is 14.8. The van der Waals surface area contributed by atoms with Crippen LogP contribution in [0.3, 0.4) is 0 Å². The normalized spacial score (nSPS) is 21.4. The zero-order valence-electron chi connectivity index (χ0n) is 12.6. The molecular weight excluding hydrogens is 254 g/mol. The highest BCUT2D eigenvalue weighted by Gasteiger charge is 2.34. The van der Waals surface area contributed by atoms with Crippen LogP contribution in [0, 0.1) is 0 Å². The number of hydrogen-bond acceptors (Lipinski definition) is 3. The minimum Gasteiger partial charge on any atom is -0.444 e. The van der Waals surface area contributed by atoms with Crippen LogP contribution in [-0.4, -0.2) is 24.4 Å². The highest BCUT2D eigenvalue weighted by molar-refractivity contribution is 5.69. The van der Waals surface area contributed by atoms with E-state index in [-0.39, 0.29) is 13.6 Å².